The Morgan fingerprint density at radius 1 is 1.15 bits per heavy atom. The Morgan fingerprint density at radius 3 is 2.55 bits per heavy atom. The Balaban J connectivity index is 1.98. The van der Waals surface area contributed by atoms with Gasteiger partial charge in [-0.15, -0.1) is 11.8 Å². The molecule has 0 heterocycles. The van der Waals surface area contributed by atoms with Gasteiger partial charge in [0.15, 0.2) is 0 Å². The number of carbonyl (C=O) groups excluding carboxylic acids is 1. The number of nitrogens with one attached hydrogen (secondary N) is 1. The number of carbonyl (C=O) groups is 1. The number of hydrogen-bond donors (Lipinski definition) is 1. The van der Waals surface area contributed by atoms with Crippen LogP contribution >= 0.6 is 11.8 Å². The van der Waals surface area contributed by atoms with Crippen molar-refractivity contribution in [2.75, 3.05) is 11.6 Å². The van der Waals surface area contributed by atoms with E-state index in [1.807, 2.05) is 67.8 Å². The van der Waals surface area contributed by atoms with E-state index in [9.17, 15) is 4.79 Å². The first-order chi connectivity index (χ1) is 9.67. The summed E-state index contributed by atoms with van der Waals surface area (Å²) in [6.45, 7) is 2.03. The summed E-state index contributed by atoms with van der Waals surface area (Å²) in [7, 11) is 0. The molecular weight excluding hydrogens is 266 g/mol. The number of aryl methyl sites for hydroxylation is 1. The van der Waals surface area contributed by atoms with Crippen molar-refractivity contribution in [1.82, 2.24) is 0 Å². The van der Waals surface area contributed by atoms with Crippen LogP contribution in [0.15, 0.2) is 59.5 Å². The van der Waals surface area contributed by atoms with Gasteiger partial charge in [0.2, 0.25) is 5.91 Å². The molecule has 0 fully saturated rings. The lowest BCUT2D eigenvalue weighted by Crippen LogP contribution is -2.07. The first-order valence-electron chi connectivity index (χ1n) is 6.37. The quantitative estimate of drug-likeness (QED) is 0.667. The molecule has 0 bridgehead atoms. The molecule has 0 aliphatic heterocycles. The highest BCUT2D eigenvalue weighted by Gasteiger charge is 1.98. The lowest BCUT2D eigenvalue weighted by Gasteiger charge is -2.03. The van der Waals surface area contributed by atoms with Gasteiger partial charge in [-0.2, -0.15) is 0 Å². The molecule has 20 heavy (non-hydrogen) atoms. The van der Waals surface area contributed by atoms with Crippen molar-refractivity contribution < 1.29 is 4.79 Å². The number of amides is 1. The summed E-state index contributed by atoms with van der Waals surface area (Å²) in [6.07, 6.45) is 5.40. The predicted molar refractivity (Wildman–Crippen MR) is 87.1 cm³/mol. The topological polar surface area (TPSA) is 29.1 Å². The maximum Gasteiger partial charge on any atom is 0.248 e. The van der Waals surface area contributed by atoms with Gasteiger partial charge in [0.25, 0.3) is 0 Å². The van der Waals surface area contributed by atoms with Gasteiger partial charge >= 0.3 is 0 Å². The molecule has 2 nitrogen and oxygen atoms in total. The van der Waals surface area contributed by atoms with Crippen LogP contribution in [0.5, 0.6) is 0 Å². The highest BCUT2D eigenvalue weighted by molar-refractivity contribution is 7.98. The molecule has 1 N–H and O–H groups in total. The molecule has 0 radical (unpaired) electrons. The summed E-state index contributed by atoms with van der Waals surface area (Å²) in [5.41, 5.74) is 3.01. The molecule has 2 aromatic rings. The fraction of sp³-hybridized carbons (Fsp3) is 0.118. The molecule has 0 saturated carbocycles. The summed E-state index contributed by atoms with van der Waals surface area (Å²) in [4.78, 5) is 13.0. The molecule has 3 heteroatoms. The van der Waals surface area contributed by atoms with Gasteiger partial charge in [-0.25, -0.2) is 0 Å². The van der Waals surface area contributed by atoms with E-state index in [4.69, 9.17) is 0 Å². The Morgan fingerprint density at radius 2 is 1.90 bits per heavy atom. The van der Waals surface area contributed by atoms with Gasteiger partial charge in [0, 0.05) is 16.7 Å². The Kier molecular flexibility index (Phi) is 5.02. The molecule has 102 valence electrons. The number of benzene rings is 2. The van der Waals surface area contributed by atoms with Crippen molar-refractivity contribution in [2.24, 2.45) is 0 Å². The fourth-order valence-electron chi connectivity index (χ4n) is 1.80. The van der Waals surface area contributed by atoms with Crippen molar-refractivity contribution in [2.45, 2.75) is 11.8 Å². The number of anilines is 1. The van der Waals surface area contributed by atoms with Gasteiger partial charge in [-0.05, 0) is 49.1 Å². The largest absolute Gasteiger partial charge is 0.323 e. The summed E-state index contributed by atoms with van der Waals surface area (Å²) in [6, 6.07) is 15.8. The number of rotatable bonds is 4. The summed E-state index contributed by atoms with van der Waals surface area (Å²) in [5.74, 6) is -0.122. The van der Waals surface area contributed by atoms with Gasteiger partial charge in [0.1, 0.15) is 0 Å². The van der Waals surface area contributed by atoms with E-state index in [0.717, 1.165) is 11.3 Å². The van der Waals surface area contributed by atoms with E-state index < -0.39 is 0 Å². The van der Waals surface area contributed by atoms with Crippen molar-refractivity contribution in [3.05, 3.63) is 65.7 Å². The van der Waals surface area contributed by atoms with E-state index in [1.54, 1.807) is 17.8 Å². The first kappa shape index (κ1) is 14.4. The lowest BCUT2D eigenvalue weighted by atomic mass is 10.1. The second-order valence-electron chi connectivity index (χ2n) is 4.47. The number of thioether (sulfide) groups is 1. The fourth-order valence-corrected chi connectivity index (χ4v) is 2.21. The summed E-state index contributed by atoms with van der Waals surface area (Å²) in [5, 5.41) is 2.84. The third-order valence-corrected chi connectivity index (χ3v) is 3.57. The molecular formula is C17H17NOS. The molecule has 0 aliphatic carbocycles. The van der Waals surface area contributed by atoms with Crippen LogP contribution in [0.2, 0.25) is 0 Å². The summed E-state index contributed by atoms with van der Waals surface area (Å²) >= 11 is 1.68. The van der Waals surface area contributed by atoms with Gasteiger partial charge < -0.3 is 5.32 Å². The number of hydrogen-bond acceptors (Lipinski definition) is 2. The maximum absolute atomic E-state index is 11.8. The molecule has 1 amide bonds. The smallest absolute Gasteiger partial charge is 0.248 e. The van der Waals surface area contributed by atoms with Crippen LogP contribution in [0.4, 0.5) is 5.69 Å². The van der Waals surface area contributed by atoms with E-state index in [1.165, 1.54) is 10.5 Å². The van der Waals surface area contributed by atoms with Gasteiger partial charge in [-0.3, -0.25) is 4.79 Å². The predicted octanol–water partition coefficient (Wildman–Crippen LogP) is 4.37. The Hall–Kier alpha value is -2.00. The third kappa shape index (κ3) is 4.28. The Bertz CT molecular complexity index is 617. The van der Waals surface area contributed by atoms with Crippen molar-refractivity contribution >= 4 is 29.4 Å². The minimum absolute atomic E-state index is 0.122. The minimum atomic E-state index is -0.122. The molecule has 0 aliphatic rings. The average Bonchev–Trinajstić information content (AvgIpc) is 2.46. The van der Waals surface area contributed by atoms with Crippen LogP contribution in [0.3, 0.4) is 0 Å². The zero-order valence-electron chi connectivity index (χ0n) is 11.6. The Labute approximate surface area is 123 Å². The highest BCUT2D eigenvalue weighted by atomic mass is 32.2. The second-order valence-corrected chi connectivity index (χ2v) is 5.34. The van der Waals surface area contributed by atoms with Crippen molar-refractivity contribution in [3.8, 4) is 0 Å². The lowest BCUT2D eigenvalue weighted by molar-refractivity contribution is -0.111. The molecule has 0 spiro atoms. The van der Waals surface area contributed by atoms with Crippen LogP contribution in [-0.2, 0) is 4.79 Å². The van der Waals surface area contributed by atoms with Crippen molar-refractivity contribution in [1.29, 1.82) is 0 Å². The molecule has 2 rings (SSSR count). The first-order valence-corrected chi connectivity index (χ1v) is 7.59. The zero-order valence-corrected chi connectivity index (χ0v) is 12.4. The molecule has 0 aromatic heterocycles. The maximum atomic E-state index is 11.8. The van der Waals surface area contributed by atoms with Crippen LogP contribution in [0.1, 0.15) is 11.1 Å². The highest BCUT2D eigenvalue weighted by Crippen LogP contribution is 2.17. The molecule has 0 atom stereocenters. The molecule has 0 saturated heterocycles. The monoisotopic (exact) mass is 283 g/mol. The molecule has 2 aromatic carbocycles. The molecule has 0 unspecified atom stereocenters. The zero-order chi connectivity index (χ0) is 14.4. The van der Waals surface area contributed by atoms with E-state index in [-0.39, 0.29) is 5.91 Å². The third-order valence-electron chi connectivity index (χ3n) is 2.83. The van der Waals surface area contributed by atoms with Crippen molar-refractivity contribution in [3.63, 3.8) is 0 Å². The SMILES string of the molecule is CSc1ccc(NC(=O)/C=C/c2cccc(C)c2)cc1. The van der Waals surface area contributed by atoms with Gasteiger partial charge in [-0.1, -0.05) is 29.8 Å². The second kappa shape index (κ2) is 6.96. The van der Waals surface area contributed by atoms with E-state index >= 15 is 0 Å². The normalized spacial score (nSPS) is 10.7. The van der Waals surface area contributed by atoms with Crippen LogP contribution in [0.25, 0.3) is 6.08 Å². The van der Waals surface area contributed by atoms with Gasteiger partial charge in [0.05, 0.1) is 0 Å². The average molecular weight is 283 g/mol. The van der Waals surface area contributed by atoms with Crippen LogP contribution < -0.4 is 5.32 Å². The standard InChI is InChI=1S/C17H17NOS/c1-13-4-3-5-14(12-13)6-11-17(19)18-15-7-9-16(20-2)10-8-15/h3-12H,1-2H3,(H,18,19)/b11-6+. The minimum Gasteiger partial charge on any atom is -0.323 e. The van der Waals surface area contributed by atoms with Crippen LogP contribution in [0, 0.1) is 6.92 Å². The van der Waals surface area contributed by atoms with Crippen LogP contribution in [-0.4, -0.2) is 12.2 Å². The summed E-state index contributed by atoms with van der Waals surface area (Å²) < 4.78 is 0. The van der Waals surface area contributed by atoms with E-state index in [0.29, 0.717) is 0 Å². The van der Waals surface area contributed by atoms with E-state index in [2.05, 4.69) is 5.32 Å².